The van der Waals surface area contributed by atoms with Crippen molar-refractivity contribution in [3.63, 3.8) is 0 Å². The Hall–Kier alpha value is -2.12. The smallest absolute Gasteiger partial charge is 0.333 e. The molecule has 25 heavy (non-hydrogen) atoms. The van der Waals surface area contributed by atoms with Crippen LogP contribution >= 0.6 is 0 Å². The van der Waals surface area contributed by atoms with Gasteiger partial charge < -0.3 is 36.7 Å². The molecule has 8 heteroatoms. The summed E-state index contributed by atoms with van der Waals surface area (Å²) >= 11 is 0. The summed E-state index contributed by atoms with van der Waals surface area (Å²) in [7, 11) is 7.58. The van der Waals surface area contributed by atoms with E-state index in [4.69, 9.17) is 9.90 Å². The molecule has 0 saturated heterocycles. The Morgan fingerprint density at radius 3 is 1.36 bits per heavy atom. The number of rotatable bonds is 4. The summed E-state index contributed by atoms with van der Waals surface area (Å²) in [4.78, 5) is 31.2. The second kappa shape index (κ2) is 24.1. The van der Waals surface area contributed by atoms with Gasteiger partial charge in [-0.05, 0) is 26.8 Å². The Morgan fingerprint density at radius 1 is 1.04 bits per heavy atom. The quantitative estimate of drug-likeness (QED) is 0.402. The van der Waals surface area contributed by atoms with Gasteiger partial charge in [0.15, 0.2) is 0 Å². The third-order valence-electron chi connectivity index (χ3n) is 1.32. The molecule has 0 aliphatic carbocycles. The average Bonchev–Trinajstić information content (AvgIpc) is 2.47. The Labute approximate surface area is 157 Å². The normalized spacial score (nSPS) is 7.52. The van der Waals surface area contributed by atoms with E-state index in [9.17, 15) is 9.59 Å². The summed E-state index contributed by atoms with van der Waals surface area (Å²) in [5, 5.41) is 9.14. The standard InChI is InChI=1S/C6H10O2.C5H8O2.C3H9N.C3H4O2.ClH/c1-4-8-6(7)5(2)3;1-4(2)5(6)7-3;1-4(2)3;1-2-3(4)5;/h2,4H2,1,3H3;1H2,2-3H3;1-3H3;2H,1H2,(H,4,5);1H/p-1. The van der Waals surface area contributed by atoms with Crippen molar-refractivity contribution < 1.29 is 46.3 Å². The van der Waals surface area contributed by atoms with Crippen molar-refractivity contribution in [1.29, 1.82) is 0 Å². The molecule has 0 aromatic heterocycles. The van der Waals surface area contributed by atoms with E-state index in [0.29, 0.717) is 17.8 Å². The van der Waals surface area contributed by atoms with Gasteiger partial charge in [-0.1, -0.05) is 19.7 Å². The van der Waals surface area contributed by atoms with E-state index in [1.54, 1.807) is 20.8 Å². The first kappa shape index (κ1) is 34.3. The van der Waals surface area contributed by atoms with Gasteiger partial charge in [0.05, 0.1) is 40.8 Å². The van der Waals surface area contributed by atoms with Crippen LogP contribution in [0, 0.1) is 0 Å². The van der Waals surface area contributed by atoms with Crippen LogP contribution < -0.4 is 22.4 Å². The topological polar surface area (TPSA) is 97.2 Å². The van der Waals surface area contributed by atoms with Crippen molar-refractivity contribution in [2.24, 2.45) is 0 Å². The number of methoxy groups -OCH3 is 1. The monoisotopic (exact) mass is 380 g/mol. The predicted molar refractivity (Wildman–Crippen MR) is 92.2 cm³/mol. The van der Waals surface area contributed by atoms with Crippen molar-refractivity contribution in [3.8, 4) is 0 Å². The molecule has 0 aromatic carbocycles. The third kappa shape index (κ3) is 52.1. The number of ether oxygens (including phenoxy) is 2. The zero-order chi connectivity index (χ0) is 20.3. The lowest BCUT2D eigenvalue weighted by atomic mass is 10.4. The number of quaternary nitrogens is 1. The number of esters is 2. The molecular weight excluding hydrogens is 350 g/mol. The highest BCUT2D eigenvalue weighted by Crippen LogP contribution is 1.89. The van der Waals surface area contributed by atoms with Gasteiger partial charge in [-0.3, -0.25) is 0 Å². The van der Waals surface area contributed by atoms with E-state index in [0.717, 1.165) is 6.08 Å². The summed E-state index contributed by atoms with van der Waals surface area (Å²) in [6, 6.07) is 0. The van der Waals surface area contributed by atoms with Gasteiger partial charge in [0.25, 0.3) is 0 Å². The van der Waals surface area contributed by atoms with E-state index in [-0.39, 0.29) is 24.3 Å². The number of halogens is 1. The summed E-state index contributed by atoms with van der Waals surface area (Å²) in [5.41, 5.74) is 0.884. The van der Waals surface area contributed by atoms with Crippen molar-refractivity contribution >= 4 is 17.9 Å². The van der Waals surface area contributed by atoms with Gasteiger partial charge in [0.2, 0.25) is 0 Å². The maximum atomic E-state index is 10.4. The van der Waals surface area contributed by atoms with Gasteiger partial charge in [0, 0.05) is 11.1 Å². The molecule has 0 aliphatic rings. The van der Waals surface area contributed by atoms with E-state index in [1.165, 1.54) is 12.0 Å². The van der Waals surface area contributed by atoms with Crippen LogP contribution in [0.5, 0.6) is 0 Å². The molecule has 0 atom stereocenters. The molecule has 0 bridgehead atoms. The highest BCUT2D eigenvalue weighted by atomic mass is 35.5. The average molecular weight is 381 g/mol. The number of carbonyl (C=O) groups excluding carboxylic acids is 3. The van der Waals surface area contributed by atoms with Crippen molar-refractivity contribution in [2.45, 2.75) is 20.8 Å². The Balaban J connectivity index is -0.0000000725. The molecule has 7 nitrogen and oxygen atoms in total. The van der Waals surface area contributed by atoms with E-state index >= 15 is 0 Å². The van der Waals surface area contributed by atoms with E-state index < -0.39 is 5.97 Å². The van der Waals surface area contributed by atoms with Crippen molar-refractivity contribution in [2.75, 3.05) is 34.9 Å². The molecule has 1 N–H and O–H groups in total. The summed E-state index contributed by atoms with van der Waals surface area (Å²) in [6.45, 7) is 15.1. The Bertz CT molecular complexity index is 417. The molecule has 0 rings (SSSR count). The van der Waals surface area contributed by atoms with Crippen LogP contribution in [0.25, 0.3) is 0 Å². The van der Waals surface area contributed by atoms with Gasteiger partial charge in [-0.25, -0.2) is 9.59 Å². The van der Waals surface area contributed by atoms with Crippen LogP contribution in [0.3, 0.4) is 0 Å². The zero-order valence-corrected chi connectivity index (χ0v) is 17.0. The van der Waals surface area contributed by atoms with E-state index in [1.807, 2.05) is 0 Å². The van der Waals surface area contributed by atoms with Crippen LogP contribution in [0.2, 0.25) is 0 Å². The number of carboxylic acid groups (broad SMARTS) is 1. The first-order valence-electron chi connectivity index (χ1n) is 7.03. The van der Waals surface area contributed by atoms with Crippen molar-refractivity contribution in [1.82, 2.24) is 0 Å². The number of carboxylic acids is 1. The van der Waals surface area contributed by atoms with Gasteiger partial charge in [-0.15, -0.1) is 0 Å². The fourth-order valence-corrected chi connectivity index (χ4v) is 0.429. The maximum Gasteiger partial charge on any atom is 0.333 e. The molecule has 0 saturated carbocycles. The number of carbonyl (C=O) groups is 3. The Kier molecular flexibility index (Phi) is 33.1. The van der Waals surface area contributed by atoms with Crippen LogP contribution in [-0.2, 0) is 23.9 Å². The zero-order valence-electron chi connectivity index (χ0n) is 16.2. The number of hydrogen-bond acceptors (Lipinski definition) is 6. The highest BCUT2D eigenvalue weighted by Gasteiger charge is 1.98. The predicted octanol–water partition coefficient (Wildman–Crippen LogP) is -3.45. The summed E-state index contributed by atoms with van der Waals surface area (Å²) in [5.74, 6) is -1.89. The van der Waals surface area contributed by atoms with Gasteiger partial charge in [0.1, 0.15) is 0 Å². The van der Waals surface area contributed by atoms with Crippen LogP contribution in [0.15, 0.2) is 37.0 Å². The molecule has 0 fully saturated rings. The lowest BCUT2D eigenvalue weighted by Crippen LogP contribution is -3.02. The highest BCUT2D eigenvalue weighted by molar-refractivity contribution is 5.87. The minimum absolute atomic E-state index is 0. The molecule has 0 unspecified atom stereocenters. The molecule has 0 amide bonds. The molecule has 0 aliphatic heterocycles. The lowest BCUT2D eigenvalue weighted by molar-refractivity contribution is -0.836. The van der Waals surface area contributed by atoms with E-state index in [2.05, 4.69) is 50.4 Å². The maximum absolute atomic E-state index is 10.4. The van der Waals surface area contributed by atoms with Gasteiger partial charge >= 0.3 is 11.9 Å². The van der Waals surface area contributed by atoms with Gasteiger partial charge in [-0.2, -0.15) is 0 Å². The minimum atomic E-state index is -1.23. The molecule has 148 valence electrons. The SMILES string of the molecule is C=C(C)C(=O)OC.C=C(C)C(=O)OCC.C=CC(=O)[O-].C[NH+](C)C.[Cl-]. The van der Waals surface area contributed by atoms with Crippen molar-refractivity contribution in [3.05, 3.63) is 37.0 Å². The first-order chi connectivity index (χ1) is 10.9. The number of nitrogens with one attached hydrogen (secondary N) is 1. The molecule has 0 radical (unpaired) electrons. The largest absolute Gasteiger partial charge is 1.00 e. The fraction of sp³-hybridized carbons (Fsp3) is 0.471. The molecule has 0 aromatic rings. The third-order valence-corrected chi connectivity index (χ3v) is 1.32. The van der Waals surface area contributed by atoms with Crippen LogP contribution in [-0.4, -0.2) is 52.8 Å². The lowest BCUT2D eigenvalue weighted by Gasteiger charge is -1.96. The first-order valence-corrected chi connectivity index (χ1v) is 7.03. The molecule has 0 spiro atoms. The van der Waals surface area contributed by atoms with Crippen LogP contribution in [0.1, 0.15) is 20.8 Å². The summed E-state index contributed by atoms with van der Waals surface area (Å²) < 4.78 is 8.84. The summed E-state index contributed by atoms with van der Waals surface area (Å²) in [6.07, 6.45) is 0.722. The second-order valence-corrected chi connectivity index (χ2v) is 4.80. The second-order valence-electron chi connectivity index (χ2n) is 4.80. The molecule has 0 heterocycles. The number of aliphatic carboxylic acids is 1. The minimum Gasteiger partial charge on any atom is -1.00 e. The fourth-order valence-electron chi connectivity index (χ4n) is 0.429. The molecular formula is C17H31ClNO6-. The van der Waals surface area contributed by atoms with Crippen LogP contribution in [0.4, 0.5) is 0 Å². The number of hydrogen-bond donors (Lipinski definition) is 1. The Morgan fingerprint density at radius 2 is 1.32 bits per heavy atom.